The van der Waals surface area contributed by atoms with Crippen molar-refractivity contribution >= 4 is 28.4 Å². The number of hydrogen-bond acceptors (Lipinski definition) is 1. The minimum absolute atomic E-state index is 0.0556. The Kier molecular flexibility index (Phi) is 2.93. The summed E-state index contributed by atoms with van der Waals surface area (Å²) in [6, 6.07) is 5.28. The number of fused-ring (bicyclic) bond motifs is 3. The molecule has 20 heavy (non-hydrogen) atoms. The number of aromatic nitrogens is 1. The maximum atomic E-state index is 12.4. The molecule has 1 N–H and O–H groups in total. The molecule has 1 aliphatic rings. The van der Waals surface area contributed by atoms with E-state index in [9.17, 15) is 18.0 Å². The van der Waals surface area contributed by atoms with Crippen LogP contribution in [0.5, 0.6) is 0 Å². The van der Waals surface area contributed by atoms with E-state index in [2.05, 4.69) is 4.98 Å². The number of halogens is 4. The Morgan fingerprint density at radius 3 is 2.80 bits per heavy atom. The molecular weight excluding hydrogens is 293 g/mol. The lowest BCUT2D eigenvalue weighted by Gasteiger charge is -2.27. The normalized spacial score (nSPS) is 15.5. The van der Waals surface area contributed by atoms with Gasteiger partial charge in [-0.3, -0.25) is 4.79 Å². The molecule has 0 radical (unpaired) electrons. The summed E-state index contributed by atoms with van der Waals surface area (Å²) in [6.07, 6.45) is -4.44. The lowest BCUT2D eigenvalue weighted by Crippen LogP contribution is -2.43. The molecule has 0 bridgehead atoms. The monoisotopic (exact) mass is 302 g/mol. The van der Waals surface area contributed by atoms with Gasteiger partial charge >= 0.3 is 12.1 Å². The summed E-state index contributed by atoms with van der Waals surface area (Å²) in [5.74, 6) is -1.79. The van der Waals surface area contributed by atoms with Crippen LogP contribution in [0, 0.1) is 0 Å². The van der Waals surface area contributed by atoms with Crippen LogP contribution < -0.4 is 0 Å². The van der Waals surface area contributed by atoms with Crippen molar-refractivity contribution in [1.82, 2.24) is 9.88 Å². The van der Waals surface area contributed by atoms with Crippen molar-refractivity contribution in [2.45, 2.75) is 19.1 Å². The molecule has 2 heterocycles. The highest BCUT2D eigenvalue weighted by atomic mass is 35.5. The topological polar surface area (TPSA) is 36.1 Å². The van der Waals surface area contributed by atoms with Crippen LogP contribution in [0.4, 0.5) is 13.2 Å². The SMILES string of the molecule is O=C(N1CCc2c([nH]c3ccc(Cl)cc23)C1)C(F)(F)F. The summed E-state index contributed by atoms with van der Waals surface area (Å²) in [6.45, 7) is 0.00475. The number of amides is 1. The molecule has 0 spiro atoms. The largest absolute Gasteiger partial charge is 0.471 e. The number of aromatic amines is 1. The number of carbonyl (C=O) groups excluding carboxylic acids is 1. The minimum Gasteiger partial charge on any atom is -0.357 e. The number of nitrogens with one attached hydrogen (secondary N) is 1. The summed E-state index contributed by atoms with van der Waals surface area (Å²) in [5.41, 5.74) is 2.40. The number of rotatable bonds is 0. The summed E-state index contributed by atoms with van der Waals surface area (Å²) in [4.78, 5) is 15.1. The first kappa shape index (κ1) is 13.3. The van der Waals surface area contributed by atoms with E-state index in [1.165, 1.54) is 0 Å². The second-order valence-electron chi connectivity index (χ2n) is 4.75. The first-order valence-electron chi connectivity index (χ1n) is 6.01. The van der Waals surface area contributed by atoms with Crippen molar-refractivity contribution in [3.8, 4) is 0 Å². The van der Waals surface area contributed by atoms with Crippen LogP contribution in [0.2, 0.25) is 5.02 Å². The van der Waals surface area contributed by atoms with Gasteiger partial charge in [-0.25, -0.2) is 0 Å². The summed E-state index contributed by atoms with van der Waals surface area (Å²) in [7, 11) is 0. The Hall–Kier alpha value is -1.69. The van der Waals surface area contributed by atoms with Gasteiger partial charge < -0.3 is 9.88 Å². The van der Waals surface area contributed by atoms with Gasteiger partial charge in [0, 0.05) is 28.2 Å². The molecular formula is C13H10ClF3N2O. The predicted molar refractivity (Wildman–Crippen MR) is 68.5 cm³/mol. The predicted octanol–water partition coefficient (Wildman–Crippen LogP) is 3.27. The molecule has 106 valence electrons. The summed E-state index contributed by atoms with van der Waals surface area (Å²) >= 11 is 5.93. The highest BCUT2D eigenvalue weighted by Gasteiger charge is 2.43. The summed E-state index contributed by atoms with van der Waals surface area (Å²) < 4.78 is 37.3. The Bertz CT molecular complexity index is 693. The molecule has 3 rings (SSSR count). The molecule has 3 nitrogen and oxygen atoms in total. The highest BCUT2D eigenvalue weighted by Crippen LogP contribution is 2.31. The molecule has 0 atom stereocenters. The van der Waals surface area contributed by atoms with Gasteiger partial charge in [0.2, 0.25) is 0 Å². The molecule has 0 saturated carbocycles. The van der Waals surface area contributed by atoms with Crippen LogP contribution in [0.3, 0.4) is 0 Å². The van der Waals surface area contributed by atoms with E-state index < -0.39 is 12.1 Å². The fourth-order valence-corrected chi connectivity index (χ4v) is 2.74. The lowest BCUT2D eigenvalue weighted by molar-refractivity contribution is -0.186. The van der Waals surface area contributed by atoms with Crippen LogP contribution in [0.25, 0.3) is 10.9 Å². The van der Waals surface area contributed by atoms with Crippen molar-refractivity contribution in [3.05, 3.63) is 34.5 Å². The van der Waals surface area contributed by atoms with Crippen molar-refractivity contribution in [2.75, 3.05) is 6.54 Å². The fourth-order valence-electron chi connectivity index (χ4n) is 2.57. The molecule has 0 unspecified atom stereocenters. The van der Waals surface area contributed by atoms with Crippen LogP contribution in [-0.4, -0.2) is 28.5 Å². The Morgan fingerprint density at radius 1 is 1.35 bits per heavy atom. The molecule has 1 aliphatic heterocycles. The number of nitrogens with zero attached hydrogens (tertiary/aromatic N) is 1. The Balaban J connectivity index is 1.96. The van der Waals surface area contributed by atoms with E-state index in [1.54, 1.807) is 18.2 Å². The molecule has 1 aromatic carbocycles. The van der Waals surface area contributed by atoms with Crippen molar-refractivity contribution in [1.29, 1.82) is 0 Å². The van der Waals surface area contributed by atoms with E-state index in [-0.39, 0.29) is 13.1 Å². The summed E-state index contributed by atoms with van der Waals surface area (Å²) in [5, 5.41) is 1.49. The molecule has 1 aromatic heterocycles. The van der Waals surface area contributed by atoms with Gasteiger partial charge in [-0.1, -0.05) is 11.6 Å². The second kappa shape index (κ2) is 4.41. The van der Waals surface area contributed by atoms with Crippen LogP contribution in [0.1, 0.15) is 11.3 Å². The zero-order valence-electron chi connectivity index (χ0n) is 10.2. The second-order valence-corrected chi connectivity index (χ2v) is 5.18. The first-order valence-corrected chi connectivity index (χ1v) is 6.39. The number of H-pyrrole nitrogens is 1. The molecule has 2 aromatic rings. The van der Waals surface area contributed by atoms with Gasteiger partial charge in [0.05, 0.1) is 6.54 Å². The smallest absolute Gasteiger partial charge is 0.357 e. The number of alkyl halides is 3. The maximum absolute atomic E-state index is 12.4. The number of hydrogen-bond donors (Lipinski definition) is 1. The van der Waals surface area contributed by atoms with Crippen LogP contribution in [0.15, 0.2) is 18.2 Å². The van der Waals surface area contributed by atoms with Crippen molar-refractivity contribution < 1.29 is 18.0 Å². The highest BCUT2D eigenvalue weighted by molar-refractivity contribution is 6.31. The van der Waals surface area contributed by atoms with Gasteiger partial charge in [0.15, 0.2) is 0 Å². The van der Waals surface area contributed by atoms with Crippen molar-refractivity contribution in [3.63, 3.8) is 0 Å². The Labute approximate surface area is 117 Å². The average Bonchev–Trinajstić information content (AvgIpc) is 2.73. The zero-order valence-corrected chi connectivity index (χ0v) is 11.0. The first-order chi connectivity index (χ1) is 9.36. The third kappa shape index (κ3) is 2.14. The van der Waals surface area contributed by atoms with E-state index in [0.717, 1.165) is 21.4 Å². The van der Waals surface area contributed by atoms with E-state index in [1.807, 2.05) is 0 Å². The quantitative estimate of drug-likeness (QED) is 0.796. The fraction of sp³-hybridized carbons (Fsp3) is 0.308. The standard InChI is InChI=1S/C13H10ClF3N2O/c14-7-1-2-10-9(5-7)8-3-4-19(6-11(8)18-10)12(20)13(15,16)17/h1-2,5,18H,3-4,6H2. The minimum atomic E-state index is -4.83. The van der Waals surface area contributed by atoms with E-state index in [0.29, 0.717) is 17.1 Å². The third-order valence-corrected chi connectivity index (χ3v) is 3.70. The van der Waals surface area contributed by atoms with Gasteiger partial charge in [-0.05, 0) is 30.2 Å². The van der Waals surface area contributed by atoms with Gasteiger partial charge in [0.25, 0.3) is 0 Å². The van der Waals surface area contributed by atoms with Gasteiger partial charge in [-0.2, -0.15) is 13.2 Å². The molecule has 1 amide bonds. The zero-order chi connectivity index (χ0) is 14.5. The molecule has 0 saturated heterocycles. The lowest BCUT2D eigenvalue weighted by atomic mass is 10.0. The van der Waals surface area contributed by atoms with Crippen LogP contribution >= 0.6 is 11.6 Å². The molecule has 7 heteroatoms. The Morgan fingerprint density at radius 2 is 2.10 bits per heavy atom. The van der Waals surface area contributed by atoms with E-state index >= 15 is 0 Å². The van der Waals surface area contributed by atoms with E-state index in [4.69, 9.17) is 11.6 Å². The molecule has 0 fully saturated rings. The number of carbonyl (C=O) groups is 1. The van der Waals surface area contributed by atoms with Crippen LogP contribution in [-0.2, 0) is 17.8 Å². The molecule has 0 aliphatic carbocycles. The van der Waals surface area contributed by atoms with Gasteiger partial charge in [-0.15, -0.1) is 0 Å². The van der Waals surface area contributed by atoms with Crippen molar-refractivity contribution in [2.24, 2.45) is 0 Å². The average molecular weight is 303 g/mol. The maximum Gasteiger partial charge on any atom is 0.471 e. The third-order valence-electron chi connectivity index (χ3n) is 3.47. The van der Waals surface area contributed by atoms with Gasteiger partial charge in [0.1, 0.15) is 0 Å². The number of benzene rings is 1.